The van der Waals surface area contributed by atoms with E-state index < -0.39 is 10.8 Å². The van der Waals surface area contributed by atoms with Crippen molar-refractivity contribution >= 4 is 45.3 Å². The fourth-order valence-corrected chi connectivity index (χ4v) is 2.99. The number of rotatable bonds is 5. The number of hydrazone groups is 1. The largest absolute Gasteiger partial charge is 0.455 e. The van der Waals surface area contributed by atoms with Crippen LogP contribution in [-0.4, -0.2) is 17.0 Å². The molecular weight excluding hydrogens is 438 g/mol. The predicted octanol–water partition coefficient (Wildman–Crippen LogP) is 5.03. The van der Waals surface area contributed by atoms with Crippen molar-refractivity contribution in [2.45, 2.75) is 0 Å². The lowest BCUT2D eigenvalue weighted by atomic mass is 10.1. The van der Waals surface area contributed by atoms with E-state index in [0.29, 0.717) is 32.1 Å². The van der Waals surface area contributed by atoms with Gasteiger partial charge in [-0.05, 0) is 52.3 Å². The Morgan fingerprint density at radius 3 is 2.74 bits per heavy atom. The third-order valence-electron chi connectivity index (χ3n) is 3.50. The van der Waals surface area contributed by atoms with E-state index in [-0.39, 0.29) is 5.69 Å². The predicted molar refractivity (Wildman–Crippen MR) is 105 cm³/mol. The summed E-state index contributed by atoms with van der Waals surface area (Å²) in [6, 6.07) is 14.2. The number of hydrogen-bond donors (Lipinski definition) is 1. The summed E-state index contributed by atoms with van der Waals surface area (Å²) in [4.78, 5) is 22.3. The van der Waals surface area contributed by atoms with Crippen LogP contribution in [0.4, 0.5) is 5.69 Å². The van der Waals surface area contributed by atoms with Crippen LogP contribution in [0.5, 0.6) is 0 Å². The van der Waals surface area contributed by atoms with Gasteiger partial charge in [-0.25, -0.2) is 5.43 Å². The Hall–Kier alpha value is -2.97. The molecule has 9 heteroatoms. The van der Waals surface area contributed by atoms with Gasteiger partial charge in [-0.15, -0.1) is 0 Å². The van der Waals surface area contributed by atoms with E-state index in [0.717, 1.165) is 0 Å². The molecule has 1 N–H and O–H groups in total. The Labute approximate surface area is 166 Å². The van der Waals surface area contributed by atoms with E-state index in [1.165, 1.54) is 24.4 Å². The van der Waals surface area contributed by atoms with E-state index in [1.807, 2.05) is 0 Å². The Balaban J connectivity index is 1.70. The summed E-state index contributed by atoms with van der Waals surface area (Å²) in [7, 11) is 0. The number of non-ortho nitro benzene ring substituents is 1. The second-order valence-electron chi connectivity index (χ2n) is 5.33. The number of amides is 1. The molecule has 0 spiro atoms. The smallest absolute Gasteiger partial charge is 0.271 e. The minimum atomic E-state index is -0.475. The maximum Gasteiger partial charge on any atom is 0.271 e. The molecule has 3 rings (SSSR count). The van der Waals surface area contributed by atoms with E-state index in [1.54, 1.807) is 36.4 Å². The molecule has 0 aliphatic carbocycles. The molecule has 0 aliphatic rings. The molecule has 0 radical (unpaired) electrons. The molecule has 0 fully saturated rings. The maximum absolute atomic E-state index is 12.0. The van der Waals surface area contributed by atoms with Crippen LogP contribution in [-0.2, 0) is 0 Å². The third kappa shape index (κ3) is 4.60. The fourth-order valence-electron chi connectivity index (χ4n) is 2.23. The molecule has 3 aromatic rings. The first-order chi connectivity index (χ1) is 12.9. The number of carbonyl (C=O) groups is 1. The summed E-state index contributed by atoms with van der Waals surface area (Å²) >= 11 is 9.14. The Kier molecular flexibility index (Phi) is 5.68. The van der Waals surface area contributed by atoms with Gasteiger partial charge in [0.2, 0.25) is 0 Å². The van der Waals surface area contributed by atoms with Crippen LogP contribution in [0, 0.1) is 10.1 Å². The second-order valence-corrected chi connectivity index (χ2v) is 6.62. The molecule has 0 unspecified atom stereocenters. The minimum Gasteiger partial charge on any atom is -0.455 e. The first-order valence-corrected chi connectivity index (χ1v) is 8.74. The average Bonchev–Trinajstić information content (AvgIpc) is 3.10. The standard InChI is InChI=1S/C18H11BrClN3O4/c19-16-9-13(23(25)26)4-6-15(16)17-7-5-14(27-17)10-21-22-18(24)11-2-1-3-12(20)8-11/h1-10H,(H,22,24). The summed E-state index contributed by atoms with van der Waals surface area (Å²) in [5.74, 6) is 0.500. The van der Waals surface area contributed by atoms with Crippen LogP contribution < -0.4 is 5.43 Å². The van der Waals surface area contributed by atoms with Crippen molar-refractivity contribution in [3.05, 3.63) is 85.5 Å². The van der Waals surface area contributed by atoms with Crippen molar-refractivity contribution < 1.29 is 14.1 Å². The van der Waals surface area contributed by atoms with Gasteiger partial charge in [0.25, 0.3) is 11.6 Å². The summed E-state index contributed by atoms with van der Waals surface area (Å²) in [5, 5.41) is 15.1. The molecular formula is C18H11BrClN3O4. The van der Waals surface area contributed by atoms with Crippen molar-refractivity contribution in [3.8, 4) is 11.3 Å². The normalized spacial score (nSPS) is 10.9. The lowest BCUT2D eigenvalue weighted by molar-refractivity contribution is -0.384. The highest BCUT2D eigenvalue weighted by Crippen LogP contribution is 2.32. The summed E-state index contributed by atoms with van der Waals surface area (Å²) < 4.78 is 6.17. The van der Waals surface area contributed by atoms with Crippen LogP contribution in [0.1, 0.15) is 16.1 Å². The highest BCUT2D eigenvalue weighted by molar-refractivity contribution is 9.10. The van der Waals surface area contributed by atoms with E-state index in [9.17, 15) is 14.9 Å². The molecule has 1 amide bonds. The zero-order valence-electron chi connectivity index (χ0n) is 13.6. The van der Waals surface area contributed by atoms with Crippen molar-refractivity contribution in [1.29, 1.82) is 0 Å². The monoisotopic (exact) mass is 447 g/mol. The van der Waals surface area contributed by atoms with Crippen molar-refractivity contribution in [3.63, 3.8) is 0 Å². The number of halogens is 2. The lowest BCUT2D eigenvalue weighted by Crippen LogP contribution is -2.17. The topological polar surface area (TPSA) is 97.7 Å². The number of benzene rings is 2. The molecule has 0 saturated heterocycles. The number of nitrogens with one attached hydrogen (secondary N) is 1. The van der Waals surface area contributed by atoms with Crippen LogP contribution in [0.3, 0.4) is 0 Å². The van der Waals surface area contributed by atoms with Gasteiger partial charge < -0.3 is 4.42 Å². The van der Waals surface area contributed by atoms with Gasteiger partial charge in [-0.1, -0.05) is 17.7 Å². The Morgan fingerprint density at radius 2 is 2.04 bits per heavy atom. The molecule has 7 nitrogen and oxygen atoms in total. The van der Waals surface area contributed by atoms with Crippen molar-refractivity contribution in [1.82, 2.24) is 5.43 Å². The van der Waals surface area contributed by atoms with Crippen molar-refractivity contribution in [2.24, 2.45) is 5.10 Å². The number of hydrogen-bond acceptors (Lipinski definition) is 5. The molecule has 0 saturated carbocycles. The average molecular weight is 449 g/mol. The first-order valence-electron chi connectivity index (χ1n) is 7.57. The maximum atomic E-state index is 12.0. The summed E-state index contributed by atoms with van der Waals surface area (Å²) in [5.41, 5.74) is 3.40. The zero-order chi connectivity index (χ0) is 19.4. The highest BCUT2D eigenvalue weighted by Gasteiger charge is 2.13. The molecule has 2 aromatic carbocycles. The van der Waals surface area contributed by atoms with Crippen LogP contribution in [0.2, 0.25) is 5.02 Å². The van der Waals surface area contributed by atoms with Gasteiger partial charge in [-0.3, -0.25) is 14.9 Å². The summed E-state index contributed by atoms with van der Waals surface area (Å²) in [6.45, 7) is 0. The number of furan rings is 1. The van der Waals surface area contributed by atoms with Gasteiger partial charge in [0.15, 0.2) is 0 Å². The quantitative estimate of drug-likeness (QED) is 0.336. The van der Waals surface area contributed by atoms with Gasteiger partial charge in [0.05, 0.1) is 11.1 Å². The molecule has 1 heterocycles. The highest BCUT2D eigenvalue weighted by atomic mass is 79.9. The first kappa shape index (κ1) is 18.8. The number of nitro groups is 1. The number of carbonyl (C=O) groups excluding carboxylic acids is 1. The molecule has 1 aromatic heterocycles. The van der Waals surface area contributed by atoms with Gasteiger partial charge in [0, 0.05) is 32.8 Å². The molecule has 0 atom stereocenters. The van der Waals surface area contributed by atoms with Crippen molar-refractivity contribution in [2.75, 3.05) is 0 Å². The van der Waals surface area contributed by atoms with E-state index in [4.69, 9.17) is 16.0 Å². The molecule has 0 aliphatic heterocycles. The van der Waals surface area contributed by atoms with Crippen LogP contribution >= 0.6 is 27.5 Å². The lowest BCUT2D eigenvalue weighted by Gasteiger charge is -2.01. The molecule has 27 heavy (non-hydrogen) atoms. The van der Waals surface area contributed by atoms with Gasteiger partial charge in [-0.2, -0.15) is 5.10 Å². The third-order valence-corrected chi connectivity index (χ3v) is 4.39. The van der Waals surface area contributed by atoms with Gasteiger partial charge in [0.1, 0.15) is 11.5 Å². The van der Waals surface area contributed by atoms with E-state index >= 15 is 0 Å². The molecule has 0 bridgehead atoms. The second kappa shape index (κ2) is 8.15. The SMILES string of the molecule is O=C(NN=Cc1ccc(-c2ccc([N+](=O)[O-])cc2Br)o1)c1cccc(Cl)c1. The minimum absolute atomic E-state index is 0.0253. The zero-order valence-corrected chi connectivity index (χ0v) is 15.9. The Bertz CT molecular complexity index is 1050. The number of nitrogens with zero attached hydrogens (tertiary/aromatic N) is 2. The Morgan fingerprint density at radius 1 is 1.22 bits per heavy atom. The van der Waals surface area contributed by atoms with Crippen LogP contribution in [0.25, 0.3) is 11.3 Å². The molecule has 136 valence electrons. The number of nitro benzene ring substituents is 1. The summed E-state index contributed by atoms with van der Waals surface area (Å²) in [6.07, 6.45) is 1.35. The fraction of sp³-hybridized carbons (Fsp3) is 0. The van der Waals surface area contributed by atoms with Crippen LogP contribution in [0.15, 0.2) is 68.6 Å². The van der Waals surface area contributed by atoms with Gasteiger partial charge >= 0.3 is 0 Å². The van der Waals surface area contributed by atoms with E-state index in [2.05, 4.69) is 26.5 Å².